The molecule has 0 aliphatic heterocycles. The van der Waals surface area contributed by atoms with Crippen molar-refractivity contribution in [2.24, 2.45) is 5.73 Å². The maximum atomic E-state index is 11.1. The topological polar surface area (TPSA) is 80.9 Å². The fraction of sp³-hybridized carbons (Fsp3) is 0.267. The summed E-state index contributed by atoms with van der Waals surface area (Å²) < 4.78 is 0. The molecule has 104 valence electrons. The number of nitrogens with zero attached hydrogens (tertiary/aromatic N) is 2. The molecule has 0 atom stereocenters. The standard InChI is InChI=1S/C15H18N4O/c1-10-5-12(15(16)20)3-4-13(10)7-17-8-14-9-18-11(2)6-19-14/h3-6,9,17H,7-8H2,1-2H3,(H2,16,20). The van der Waals surface area contributed by atoms with Crippen molar-refractivity contribution < 1.29 is 4.79 Å². The Morgan fingerprint density at radius 3 is 2.60 bits per heavy atom. The Labute approximate surface area is 118 Å². The first-order chi connectivity index (χ1) is 9.56. The van der Waals surface area contributed by atoms with Gasteiger partial charge in [0.2, 0.25) is 5.91 Å². The van der Waals surface area contributed by atoms with Crippen molar-refractivity contribution in [2.75, 3.05) is 0 Å². The number of amides is 1. The fourth-order valence-electron chi connectivity index (χ4n) is 1.88. The average Bonchev–Trinajstić information content (AvgIpc) is 2.42. The Hall–Kier alpha value is -2.27. The zero-order valence-electron chi connectivity index (χ0n) is 11.7. The number of nitrogens with one attached hydrogen (secondary N) is 1. The van der Waals surface area contributed by atoms with Gasteiger partial charge in [-0.2, -0.15) is 0 Å². The van der Waals surface area contributed by atoms with Crippen LogP contribution in [0.1, 0.15) is 32.9 Å². The summed E-state index contributed by atoms with van der Waals surface area (Å²) in [6, 6.07) is 5.48. The van der Waals surface area contributed by atoms with Crippen LogP contribution in [0.3, 0.4) is 0 Å². The Morgan fingerprint density at radius 2 is 2.00 bits per heavy atom. The van der Waals surface area contributed by atoms with Gasteiger partial charge in [0.05, 0.1) is 11.4 Å². The zero-order valence-corrected chi connectivity index (χ0v) is 11.7. The second-order valence-corrected chi connectivity index (χ2v) is 4.76. The summed E-state index contributed by atoms with van der Waals surface area (Å²) in [5.74, 6) is -0.400. The van der Waals surface area contributed by atoms with E-state index in [0.717, 1.165) is 22.5 Å². The fourth-order valence-corrected chi connectivity index (χ4v) is 1.88. The van der Waals surface area contributed by atoms with E-state index in [1.807, 2.05) is 26.0 Å². The zero-order chi connectivity index (χ0) is 14.5. The molecule has 1 amide bonds. The van der Waals surface area contributed by atoms with E-state index in [0.29, 0.717) is 18.7 Å². The molecule has 0 spiro atoms. The number of nitrogens with two attached hydrogens (primary N) is 1. The second-order valence-electron chi connectivity index (χ2n) is 4.76. The lowest BCUT2D eigenvalue weighted by molar-refractivity contribution is 0.1000. The van der Waals surface area contributed by atoms with Gasteiger partial charge < -0.3 is 11.1 Å². The molecule has 1 aromatic carbocycles. The third kappa shape index (κ3) is 3.61. The summed E-state index contributed by atoms with van der Waals surface area (Å²) in [5.41, 5.74) is 9.78. The molecule has 5 heteroatoms. The largest absolute Gasteiger partial charge is 0.366 e. The highest BCUT2D eigenvalue weighted by molar-refractivity contribution is 5.93. The molecule has 0 saturated heterocycles. The summed E-state index contributed by atoms with van der Waals surface area (Å²) in [5, 5.41) is 3.31. The molecule has 2 aromatic rings. The Balaban J connectivity index is 1.94. The monoisotopic (exact) mass is 270 g/mol. The number of primary amides is 1. The Bertz CT molecular complexity index is 608. The van der Waals surface area contributed by atoms with E-state index in [2.05, 4.69) is 15.3 Å². The highest BCUT2D eigenvalue weighted by Gasteiger charge is 2.04. The number of aromatic nitrogens is 2. The number of hydrogen-bond donors (Lipinski definition) is 2. The lowest BCUT2D eigenvalue weighted by atomic mass is 10.0. The molecular weight excluding hydrogens is 252 g/mol. The summed E-state index contributed by atoms with van der Waals surface area (Å²) in [6.07, 6.45) is 3.52. The number of rotatable bonds is 5. The smallest absolute Gasteiger partial charge is 0.248 e. The molecular formula is C15H18N4O. The molecule has 3 N–H and O–H groups in total. The third-order valence-corrected chi connectivity index (χ3v) is 3.08. The quantitative estimate of drug-likeness (QED) is 0.862. The molecule has 20 heavy (non-hydrogen) atoms. The molecule has 5 nitrogen and oxygen atoms in total. The van der Waals surface area contributed by atoms with E-state index >= 15 is 0 Å². The SMILES string of the molecule is Cc1cnc(CNCc2ccc(C(N)=O)cc2C)cn1. The van der Waals surface area contributed by atoms with E-state index in [9.17, 15) is 4.79 Å². The van der Waals surface area contributed by atoms with Crippen LogP contribution in [0.4, 0.5) is 0 Å². The van der Waals surface area contributed by atoms with E-state index in [4.69, 9.17) is 5.73 Å². The van der Waals surface area contributed by atoms with Crippen LogP contribution in [0, 0.1) is 13.8 Å². The van der Waals surface area contributed by atoms with Gasteiger partial charge in [-0.05, 0) is 37.1 Å². The van der Waals surface area contributed by atoms with Crippen LogP contribution in [-0.4, -0.2) is 15.9 Å². The van der Waals surface area contributed by atoms with Gasteiger partial charge in [-0.1, -0.05) is 6.07 Å². The average molecular weight is 270 g/mol. The van der Waals surface area contributed by atoms with Crippen molar-refractivity contribution in [2.45, 2.75) is 26.9 Å². The maximum Gasteiger partial charge on any atom is 0.248 e. The van der Waals surface area contributed by atoms with Crippen LogP contribution in [0.15, 0.2) is 30.6 Å². The molecule has 1 aromatic heterocycles. The minimum Gasteiger partial charge on any atom is -0.366 e. The normalized spacial score (nSPS) is 10.5. The number of carbonyl (C=O) groups is 1. The molecule has 1 heterocycles. The van der Waals surface area contributed by atoms with E-state index in [-0.39, 0.29) is 0 Å². The Morgan fingerprint density at radius 1 is 1.20 bits per heavy atom. The number of hydrogen-bond acceptors (Lipinski definition) is 4. The molecule has 0 aliphatic carbocycles. The van der Waals surface area contributed by atoms with Gasteiger partial charge in [0.15, 0.2) is 0 Å². The first-order valence-corrected chi connectivity index (χ1v) is 6.44. The number of carbonyl (C=O) groups excluding carboxylic acids is 1. The van der Waals surface area contributed by atoms with Crippen molar-refractivity contribution in [3.63, 3.8) is 0 Å². The molecule has 0 aliphatic rings. The van der Waals surface area contributed by atoms with Crippen molar-refractivity contribution in [1.82, 2.24) is 15.3 Å². The number of benzene rings is 1. The first-order valence-electron chi connectivity index (χ1n) is 6.44. The molecule has 0 fully saturated rings. The lowest BCUT2D eigenvalue weighted by Gasteiger charge is -2.08. The summed E-state index contributed by atoms with van der Waals surface area (Å²) >= 11 is 0. The third-order valence-electron chi connectivity index (χ3n) is 3.08. The van der Waals surface area contributed by atoms with Crippen LogP contribution in [0.2, 0.25) is 0 Å². The van der Waals surface area contributed by atoms with Gasteiger partial charge in [-0.25, -0.2) is 0 Å². The minimum absolute atomic E-state index is 0.400. The highest BCUT2D eigenvalue weighted by Crippen LogP contribution is 2.11. The van der Waals surface area contributed by atoms with Crippen LogP contribution < -0.4 is 11.1 Å². The highest BCUT2D eigenvalue weighted by atomic mass is 16.1. The van der Waals surface area contributed by atoms with Crippen molar-refractivity contribution in [3.05, 3.63) is 58.7 Å². The predicted octanol–water partition coefficient (Wildman–Crippen LogP) is 1.48. The maximum absolute atomic E-state index is 11.1. The molecule has 0 saturated carbocycles. The van der Waals surface area contributed by atoms with E-state index in [1.54, 1.807) is 18.5 Å². The molecule has 0 radical (unpaired) electrons. The predicted molar refractivity (Wildman–Crippen MR) is 77.0 cm³/mol. The molecule has 0 bridgehead atoms. The number of aryl methyl sites for hydroxylation is 2. The van der Waals surface area contributed by atoms with Gasteiger partial charge in [0.25, 0.3) is 0 Å². The van der Waals surface area contributed by atoms with Crippen molar-refractivity contribution >= 4 is 5.91 Å². The second kappa shape index (κ2) is 6.25. The van der Waals surface area contributed by atoms with Crippen LogP contribution in [0.25, 0.3) is 0 Å². The van der Waals surface area contributed by atoms with Gasteiger partial charge in [-0.3, -0.25) is 14.8 Å². The van der Waals surface area contributed by atoms with Gasteiger partial charge >= 0.3 is 0 Å². The van der Waals surface area contributed by atoms with Crippen LogP contribution >= 0.6 is 0 Å². The molecule has 2 rings (SSSR count). The summed E-state index contributed by atoms with van der Waals surface area (Å²) in [6.45, 7) is 5.24. The van der Waals surface area contributed by atoms with Crippen LogP contribution in [0.5, 0.6) is 0 Å². The first kappa shape index (κ1) is 14.1. The van der Waals surface area contributed by atoms with Gasteiger partial charge in [0, 0.05) is 31.0 Å². The lowest BCUT2D eigenvalue weighted by Crippen LogP contribution is -2.16. The van der Waals surface area contributed by atoms with Crippen LogP contribution in [-0.2, 0) is 13.1 Å². The summed E-state index contributed by atoms with van der Waals surface area (Å²) in [4.78, 5) is 19.6. The van der Waals surface area contributed by atoms with Gasteiger partial charge in [-0.15, -0.1) is 0 Å². The van der Waals surface area contributed by atoms with Crippen molar-refractivity contribution in [1.29, 1.82) is 0 Å². The summed E-state index contributed by atoms with van der Waals surface area (Å²) in [7, 11) is 0. The Kier molecular flexibility index (Phi) is 4.42. The molecule has 0 unspecified atom stereocenters. The van der Waals surface area contributed by atoms with E-state index in [1.165, 1.54) is 0 Å². The van der Waals surface area contributed by atoms with E-state index < -0.39 is 5.91 Å². The van der Waals surface area contributed by atoms with Crippen molar-refractivity contribution in [3.8, 4) is 0 Å². The minimum atomic E-state index is -0.400. The van der Waals surface area contributed by atoms with Gasteiger partial charge in [0.1, 0.15) is 0 Å².